The van der Waals surface area contributed by atoms with Gasteiger partial charge in [0.2, 0.25) is 5.91 Å². The highest BCUT2D eigenvalue weighted by molar-refractivity contribution is 6.29. The fraction of sp³-hybridized carbons (Fsp3) is 0.667. The Balaban J connectivity index is 0.00000117. The monoisotopic (exact) mass is 358 g/mol. The molecule has 2 N–H and O–H groups in total. The van der Waals surface area contributed by atoms with Crippen molar-refractivity contribution >= 4 is 17.3 Å². The molecule has 5 heteroatoms. The smallest absolute Gasteiger partial charge is 0.223 e. The molecule has 1 atom stereocenters. The second-order valence-corrected chi connectivity index (χ2v) is 6.92. The molecule has 2 aliphatic heterocycles. The van der Waals surface area contributed by atoms with Gasteiger partial charge in [0.1, 0.15) is 0 Å². The van der Waals surface area contributed by atoms with E-state index in [1.165, 1.54) is 0 Å². The van der Waals surface area contributed by atoms with Gasteiger partial charge >= 0.3 is 0 Å². The number of nitrogens with zero attached hydrogens (tertiary/aromatic N) is 2. The Labute approximate surface area is 158 Å². The van der Waals surface area contributed by atoms with Crippen LogP contribution in [0.1, 0.15) is 52.9 Å². The molecule has 1 amide bonds. The van der Waals surface area contributed by atoms with Gasteiger partial charge in [-0.15, -0.1) is 0 Å². The van der Waals surface area contributed by atoms with Crippen LogP contribution < -0.4 is 10.6 Å². The Kier molecular flexibility index (Phi) is 8.23. The van der Waals surface area contributed by atoms with E-state index in [1.54, 1.807) is 0 Å². The van der Waals surface area contributed by atoms with E-state index in [0.717, 1.165) is 68.7 Å². The molecule has 26 heavy (non-hydrogen) atoms. The molecule has 2 heterocycles. The minimum atomic E-state index is 0.152. The zero-order chi connectivity index (χ0) is 18.9. The lowest BCUT2D eigenvalue weighted by atomic mass is 9.77. The quantitative estimate of drug-likeness (QED) is 0.810. The minimum absolute atomic E-state index is 0.152. The van der Waals surface area contributed by atoms with E-state index in [-0.39, 0.29) is 11.8 Å². The maximum Gasteiger partial charge on any atom is 0.223 e. The molecule has 1 aliphatic carbocycles. The van der Waals surface area contributed by atoms with E-state index in [9.17, 15) is 4.79 Å². The average molecular weight is 359 g/mol. The third-order valence-corrected chi connectivity index (χ3v) is 5.28. The molecule has 0 radical (unpaired) electrons. The van der Waals surface area contributed by atoms with Gasteiger partial charge in [0.05, 0.1) is 11.4 Å². The molecule has 0 unspecified atom stereocenters. The molecular weight excluding hydrogens is 324 g/mol. The van der Waals surface area contributed by atoms with Crippen LogP contribution in [0.3, 0.4) is 0 Å². The van der Waals surface area contributed by atoms with Gasteiger partial charge in [-0.3, -0.25) is 14.8 Å². The lowest BCUT2D eigenvalue weighted by Crippen LogP contribution is -2.41. The zero-order valence-corrected chi connectivity index (χ0v) is 16.6. The van der Waals surface area contributed by atoms with Crippen molar-refractivity contribution < 1.29 is 4.79 Å². The maximum absolute atomic E-state index is 12.4. The molecule has 0 bridgehead atoms. The third-order valence-electron chi connectivity index (χ3n) is 5.28. The number of hydrogen-bond acceptors (Lipinski definition) is 4. The molecule has 0 aromatic carbocycles. The molecule has 0 spiro atoms. The van der Waals surface area contributed by atoms with Crippen molar-refractivity contribution in [3.05, 3.63) is 24.4 Å². The summed E-state index contributed by atoms with van der Waals surface area (Å²) in [6.45, 7) is 12.9. The summed E-state index contributed by atoms with van der Waals surface area (Å²) in [6.07, 6.45) is 8.70. The van der Waals surface area contributed by atoms with Crippen LogP contribution in [-0.4, -0.2) is 43.0 Å². The van der Waals surface area contributed by atoms with Crippen LogP contribution in [0.4, 0.5) is 0 Å². The predicted octanol–water partition coefficient (Wildman–Crippen LogP) is 3.28. The minimum Gasteiger partial charge on any atom is -0.352 e. The fourth-order valence-electron chi connectivity index (χ4n) is 3.89. The lowest BCUT2D eigenvalue weighted by Gasteiger charge is -2.30. The van der Waals surface area contributed by atoms with E-state index in [1.807, 2.05) is 33.0 Å². The fourth-order valence-corrected chi connectivity index (χ4v) is 3.89. The predicted molar refractivity (Wildman–Crippen MR) is 110 cm³/mol. The standard InChI is InChI=1S/C19H28N4O.C2H6/c1-3-21-17-9-11-22-18(13(17)2)14-4-6-15(7-5-14)19(24)23-16-8-10-20-12-16;1-2/h9,11,14-16,20H,2-8,10,12H2,1H3,(H,23,24);1-2H3/t14?,15?,16-;/m0./s1. The van der Waals surface area contributed by atoms with Crippen molar-refractivity contribution in [3.8, 4) is 0 Å². The number of rotatable bonds is 4. The van der Waals surface area contributed by atoms with Gasteiger partial charge in [0.15, 0.2) is 0 Å². The van der Waals surface area contributed by atoms with Gasteiger partial charge in [-0.2, -0.15) is 0 Å². The van der Waals surface area contributed by atoms with Gasteiger partial charge < -0.3 is 10.6 Å². The molecule has 5 nitrogen and oxygen atoms in total. The van der Waals surface area contributed by atoms with E-state index in [4.69, 9.17) is 0 Å². The van der Waals surface area contributed by atoms with Crippen molar-refractivity contribution in [2.75, 3.05) is 19.6 Å². The molecule has 3 aliphatic rings. The van der Waals surface area contributed by atoms with Crippen LogP contribution in [-0.2, 0) is 4.79 Å². The number of amides is 1. The van der Waals surface area contributed by atoms with Crippen LogP contribution in [0.15, 0.2) is 34.4 Å². The second kappa shape index (κ2) is 10.4. The summed E-state index contributed by atoms with van der Waals surface area (Å²) < 4.78 is 0. The van der Waals surface area contributed by atoms with Crippen LogP contribution in [0.25, 0.3) is 0 Å². The first-order chi connectivity index (χ1) is 12.7. The topological polar surface area (TPSA) is 65.8 Å². The highest BCUT2D eigenvalue weighted by Gasteiger charge is 2.31. The van der Waals surface area contributed by atoms with Crippen molar-refractivity contribution in [2.45, 2.75) is 58.9 Å². The lowest BCUT2D eigenvalue weighted by molar-refractivity contribution is -0.126. The van der Waals surface area contributed by atoms with E-state index >= 15 is 0 Å². The van der Waals surface area contributed by atoms with Gasteiger partial charge in [0.25, 0.3) is 0 Å². The molecule has 0 aromatic heterocycles. The normalized spacial score (nSPS) is 29.8. The SMILES string of the molecule is C=C1C(=NCC)C=CN=C1C1CCC(C(=O)N[C@H]2CCNC2)CC1.CC. The Morgan fingerprint density at radius 1 is 1.31 bits per heavy atom. The molecule has 144 valence electrons. The summed E-state index contributed by atoms with van der Waals surface area (Å²) in [6, 6.07) is 0.315. The molecule has 2 fully saturated rings. The molecular formula is C21H34N4O. The van der Waals surface area contributed by atoms with Crippen LogP contribution in [0.2, 0.25) is 0 Å². The summed E-state index contributed by atoms with van der Waals surface area (Å²) >= 11 is 0. The number of nitrogens with one attached hydrogen (secondary N) is 2. The number of allylic oxidation sites excluding steroid dienone is 2. The third kappa shape index (κ3) is 5.13. The van der Waals surface area contributed by atoms with Gasteiger partial charge in [-0.05, 0) is 51.6 Å². The van der Waals surface area contributed by atoms with Crippen molar-refractivity contribution in [1.29, 1.82) is 0 Å². The first kappa shape index (κ1) is 20.6. The highest BCUT2D eigenvalue weighted by Crippen LogP contribution is 2.32. The largest absolute Gasteiger partial charge is 0.352 e. The van der Waals surface area contributed by atoms with Crippen molar-refractivity contribution in [1.82, 2.24) is 10.6 Å². The Bertz CT molecular complexity index is 577. The van der Waals surface area contributed by atoms with Gasteiger partial charge in [-0.1, -0.05) is 20.4 Å². The molecule has 3 rings (SSSR count). The summed E-state index contributed by atoms with van der Waals surface area (Å²) in [4.78, 5) is 21.5. The first-order valence-corrected chi connectivity index (χ1v) is 10.2. The van der Waals surface area contributed by atoms with Crippen molar-refractivity contribution in [3.63, 3.8) is 0 Å². The summed E-state index contributed by atoms with van der Waals surface area (Å²) in [5.41, 5.74) is 2.99. The van der Waals surface area contributed by atoms with E-state index in [2.05, 4.69) is 27.2 Å². The number of aliphatic imine (C=N–C) groups is 2. The zero-order valence-electron chi connectivity index (χ0n) is 16.6. The first-order valence-electron chi connectivity index (χ1n) is 10.2. The van der Waals surface area contributed by atoms with E-state index in [0.29, 0.717) is 12.0 Å². The molecule has 0 aromatic rings. The number of carbonyl (C=O) groups is 1. The summed E-state index contributed by atoms with van der Waals surface area (Å²) in [5.74, 6) is 0.792. The Hall–Kier alpha value is -1.75. The molecule has 1 saturated carbocycles. The summed E-state index contributed by atoms with van der Waals surface area (Å²) in [7, 11) is 0. The van der Waals surface area contributed by atoms with E-state index < -0.39 is 0 Å². The number of hydrogen-bond donors (Lipinski definition) is 2. The highest BCUT2D eigenvalue weighted by atomic mass is 16.1. The van der Waals surface area contributed by atoms with Crippen molar-refractivity contribution in [2.24, 2.45) is 21.8 Å². The van der Waals surface area contributed by atoms with Crippen LogP contribution >= 0.6 is 0 Å². The maximum atomic E-state index is 12.4. The van der Waals surface area contributed by atoms with Gasteiger partial charge in [-0.25, -0.2) is 0 Å². The average Bonchev–Trinajstić information content (AvgIpc) is 3.18. The van der Waals surface area contributed by atoms with Crippen LogP contribution in [0.5, 0.6) is 0 Å². The second-order valence-electron chi connectivity index (χ2n) is 6.92. The Morgan fingerprint density at radius 2 is 2.04 bits per heavy atom. The summed E-state index contributed by atoms with van der Waals surface area (Å²) in [5, 5.41) is 6.49. The van der Waals surface area contributed by atoms with Gasteiger partial charge in [0, 0.05) is 42.7 Å². The number of carbonyl (C=O) groups excluding carboxylic acids is 1. The molecule has 1 saturated heterocycles. The van der Waals surface area contributed by atoms with Crippen LogP contribution in [0, 0.1) is 11.8 Å². The Morgan fingerprint density at radius 3 is 2.65 bits per heavy atom.